The lowest BCUT2D eigenvalue weighted by Crippen LogP contribution is -2.27. The Labute approximate surface area is 120 Å². The predicted octanol–water partition coefficient (Wildman–Crippen LogP) is 1.56. The summed E-state index contributed by atoms with van der Waals surface area (Å²) in [5, 5.41) is 2.60. The van der Waals surface area contributed by atoms with Crippen molar-refractivity contribution >= 4 is 23.5 Å². The van der Waals surface area contributed by atoms with E-state index in [0.717, 1.165) is 0 Å². The van der Waals surface area contributed by atoms with Crippen LogP contribution >= 0.6 is 0 Å². The highest BCUT2D eigenvalue weighted by atomic mass is 19.1. The van der Waals surface area contributed by atoms with Gasteiger partial charge in [-0.05, 0) is 18.1 Å². The lowest BCUT2D eigenvalue weighted by Gasteiger charge is -2.26. The summed E-state index contributed by atoms with van der Waals surface area (Å²) in [4.78, 5) is 19.7. The molecule has 7 heteroatoms. The zero-order valence-corrected chi connectivity index (χ0v) is 11.4. The number of amides is 1. The van der Waals surface area contributed by atoms with E-state index in [1.807, 2.05) is 0 Å². The fourth-order valence-corrected chi connectivity index (χ4v) is 2.62. The second-order valence-corrected chi connectivity index (χ2v) is 5.01. The van der Waals surface area contributed by atoms with Crippen LogP contribution in [0, 0.1) is 12.7 Å². The van der Waals surface area contributed by atoms with Gasteiger partial charge in [-0.3, -0.25) is 4.79 Å². The summed E-state index contributed by atoms with van der Waals surface area (Å²) >= 11 is 0. The molecule has 1 amide bonds. The zero-order chi connectivity index (χ0) is 15.1. The number of anilines is 3. The van der Waals surface area contributed by atoms with Gasteiger partial charge in [0.05, 0.1) is 0 Å². The van der Waals surface area contributed by atoms with E-state index in [1.54, 1.807) is 25.1 Å². The summed E-state index contributed by atoms with van der Waals surface area (Å²) in [5.41, 5.74) is 12.9. The SMILES string of the molecule is Cc1cccc([C@@H]2CC(=O)Nc3nc(N)nc(N)c32)c1F. The first kappa shape index (κ1) is 13.3. The molecule has 1 aliphatic heterocycles. The number of nitrogen functional groups attached to an aromatic ring is 2. The maximum absolute atomic E-state index is 14.4. The second kappa shape index (κ2) is 4.69. The van der Waals surface area contributed by atoms with Crippen LogP contribution in [0.5, 0.6) is 0 Å². The number of aromatic nitrogens is 2. The summed E-state index contributed by atoms with van der Waals surface area (Å²) in [6.07, 6.45) is 0.0881. The highest BCUT2D eigenvalue weighted by Crippen LogP contribution is 2.40. The maximum atomic E-state index is 14.4. The molecule has 2 aromatic rings. The summed E-state index contributed by atoms with van der Waals surface area (Å²) < 4.78 is 14.4. The summed E-state index contributed by atoms with van der Waals surface area (Å²) in [5.74, 6) is -0.748. The van der Waals surface area contributed by atoms with Crippen LogP contribution in [-0.2, 0) is 4.79 Å². The molecule has 1 aromatic carbocycles. The molecule has 5 N–H and O–H groups in total. The molecule has 2 heterocycles. The number of nitrogens with zero attached hydrogens (tertiary/aromatic N) is 2. The standard InChI is InChI=1S/C14H14FN5O/c1-6-3-2-4-7(11(6)15)8-5-9(21)18-13-10(8)12(16)19-14(17)20-13/h2-4,8H,5H2,1H3,(H5,16,17,18,19,20,21)/t8-/m0/s1. The summed E-state index contributed by atoms with van der Waals surface area (Å²) in [7, 11) is 0. The third-order valence-corrected chi connectivity index (χ3v) is 3.59. The average Bonchev–Trinajstić information content (AvgIpc) is 2.40. The van der Waals surface area contributed by atoms with Crippen molar-refractivity contribution in [2.75, 3.05) is 16.8 Å². The minimum atomic E-state index is -0.519. The molecule has 0 unspecified atom stereocenters. The lowest BCUT2D eigenvalue weighted by atomic mass is 9.85. The Morgan fingerprint density at radius 3 is 2.86 bits per heavy atom. The Hall–Kier alpha value is -2.70. The van der Waals surface area contributed by atoms with Gasteiger partial charge < -0.3 is 16.8 Å². The molecule has 0 aliphatic carbocycles. The highest BCUT2D eigenvalue weighted by Gasteiger charge is 2.32. The molecular formula is C14H14FN5O. The van der Waals surface area contributed by atoms with Crippen LogP contribution in [0.2, 0.25) is 0 Å². The highest BCUT2D eigenvalue weighted by molar-refractivity contribution is 5.95. The molecule has 6 nitrogen and oxygen atoms in total. The van der Waals surface area contributed by atoms with E-state index in [-0.39, 0.29) is 35.7 Å². The summed E-state index contributed by atoms with van der Waals surface area (Å²) in [6, 6.07) is 5.06. The number of rotatable bonds is 1. The molecule has 21 heavy (non-hydrogen) atoms. The number of aryl methyl sites for hydroxylation is 1. The zero-order valence-electron chi connectivity index (χ0n) is 11.4. The smallest absolute Gasteiger partial charge is 0.226 e. The molecule has 0 bridgehead atoms. The number of halogens is 1. The average molecular weight is 287 g/mol. The molecule has 1 aliphatic rings. The Bertz CT molecular complexity index is 746. The normalized spacial score (nSPS) is 17.2. The van der Waals surface area contributed by atoms with Crippen LogP contribution in [0.25, 0.3) is 0 Å². The molecule has 3 rings (SSSR count). The molecule has 0 saturated heterocycles. The topological polar surface area (TPSA) is 107 Å². The quantitative estimate of drug-likeness (QED) is 0.738. The van der Waals surface area contributed by atoms with Gasteiger partial charge >= 0.3 is 0 Å². The molecule has 0 spiro atoms. The third kappa shape index (κ3) is 2.16. The molecule has 108 valence electrons. The van der Waals surface area contributed by atoms with Crippen molar-refractivity contribution in [1.82, 2.24) is 9.97 Å². The van der Waals surface area contributed by atoms with E-state index in [0.29, 0.717) is 16.7 Å². The van der Waals surface area contributed by atoms with Gasteiger partial charge in [0.25, 0.3) is 0 Å². The van der Waals surface area contributed by atoms with Crippen molar-refractivity contribution in [3.05, 3.63) is 40.7 Å². The second-order valence-electron chi connectivity index (χ2n) is 5.01. The molecule has 0 radical (unpaired) electrons. The van der Waals surface area contributed by atoms with E-state index in [4.69, 9.17) is 11.5 Å². The van der Waals surface area contributed by atoms with Crippen molar-refractivity contribution in [2.24, 2.45) is 0 Å². The lowest BCUT2D eigenvalue weighted by molar-refractivity contribution is -0.116. The van der Waals surface area contributed by atoms with Gasteiger partial charge in [0.15, 0.2) is 0 Å². The van der Waals surface area contributed by atoms with E-state index in [9.17, 15) is 9.18 Å². The fourth-order valence-electron chi connectivity index (χ4n) is 2.62. The van der Waals surface area contributed by atoms with Gasteiger partial charge in [-0.15, -0.1) is 0 Å². The Morgan fingerprint density at radius 1 is 1.33 bits per heavy atom. The van der Waals surface area contributed by atoms with Crippen molar-refractivity contribution in [3.63, 3.8) is 0 Å². The van der Waals surface area contributed by atoms with Crippen molar-refractivity contribution < 1.29 is 9.18 Å². The van der Waals surface area contributed by atoms with Gasteiger partial charge in [0.1, 0.15) is 17.5 Å². The molecule has 0 fully saturated rings. The predicted molar refractivity (Wildman–Crippen MR) is 77.1 cm³/mol. The van der Waals surface area contributed by atoms with Crippen LogP contribution in [0.4, 0.5) is 22.0 Å². The van der Waals surface area contributed by atoms with Crippen LogP contribution in [0.15, 0.2) is 18.2 Å². The summed E-state index contributed by atoms with van der Waals surface area (Å²) in [6.45, 7) is 1.67. The number of nitrogens with two attached hydrogens (primary N) is 2. The van der Waals surface area contributed by atoms with E-state index in [1.165, 1.54) is 0 Å². The Balaban J connectivity index is 2.22. The maximum Gasteiger partial charge on any atom is 0.226 e. The Morgan fingerprint density at radius 2 is 2.10 bits per heavy atom. The number of carbonyl (C=O) groups is 1. The largest absolute Gasteiger partial charge is 0.383 e. The van der Waals surface area contributed by atoms with Gasteiger partial charge in [0.2, 0.25) is 11.9 Å². The minimum Gasteiger partial charge on any atom is -0.383 e. The molecular weight excluding hydrogens is 273 g/mol. The number of hydrogen-bond acceptors (Lipinski definition) is 5. The van der Waals surface area contributed by atoms with E-state index >= 15 is 0 Å². The van der Waals surface area contributed by atoms with Gasteiger partial charge in [-0.1, -0.05) is 18.2 Å². The number of nitrogens with one attached hydrogen (secondary N) is 1. The van der Waals surface area contributed by atoms with Crippen molar-refractivity contribution in [2.45, 2.75) is 19.3 Å². The number of benzene rings is 1. The molecule has 0 saturated carbocycles. The first-order valence-corrected chi connectivity index (χ1v) is 6.45. The molecule has 1 aromatic heterocycles. The van der Waals surface area contributed by atoms with Crippen LogP contribution in [-0.4, -0.2) is 15.9 Å². The first-order chi connectivity index (χ1) is 9.97. The van der Waals surface area contributed by atoms with Crippen LogP contribution in [0.3, 0.4) is 0 Å². The van der Waals surface area contributed by atoms with Crippen LogP contribution in [0.1, 0.15) is 29.0 Å². The van der Waals surface area contributed by atoms with E-state index in [2.05, 4.69) is 15.3 Å². The fraction of sp³-hybridized carbons (Fsp3) is 0.214. The van der Waals surface area contributed by atoms with Gasteiger partial charge in [-0.2, -0.15) is 9.97 Å². The van der Waals surface area contributed by atoms with Crippen LogP contribution < -0.4 is 16.8 Å². The monoisotopic (exact) mass is 287 g/mol. The van der Waals surface area contributed by atoms with Gasteiger partial charge in [0, 0.05) is 17.9 Å². The van der Waals surface area contributed by atoms with E-state index < -0.39 is 5.92 Å². The Kier molecular flexibility index (Phi) is 2.97. The van der Waals surface area contributed by atoms with Crippen molar-refractivity contribution in [1.29, 1.82) is 0 Å². The molecule has 1 atom stereocenters. The van der Waals surface area contributed by atoms with Crippen molar-refractivity contribution in [3.8, 4) is 0 Å². The number of carbonyl (C=O) groups excluding carboxylic acids is 1. The number of fused-ring (bicyclic) bond motifs is 1. The first-order valence-electron chi connectivity index (χ1n) is 6.45. The van der Waals surface area contributed by atoms with Gasteiger partial charge in [-0.25, -0.2) is 4.39 Å². The minimum absolute atomic E-state index is 0.0306. The number of hydrogen-bond donors (Lipinski definition) is 3. The third-order valence-electron chi connectivity index (χ3n) is 3.59.